The molecule has 0 bridgehead atoms. The molecule has 0 aliphatic carbocycles. The standard InChI is InChI=1S/C20H15Br3O2/c21-16-11-17(24-12-14-7-3-1-4-8-14)20(19(23)18(16)22)25-13-15-9-5-2-6-10-15/h1-11H,12-13H2. The van der Waals surface area contributed by atoms with Crippen molar-refractivity contribution in [2.24, 2.45) is 0 Å². The van der Waals surface area contributed by atoms with Crippen LogP contribution in [0.1, 0.15) is 11.1 Å². The fourth-order valence-electron chi connectivity index (χ4n) is 2.26. The number of halogens is 3. The first-order valence-corrected chi connectivity index (χ1v) is 10.0. The van der Waals surface area contributed by atoms with Crippen molar-refractivity contribution >= 4 is 47.8 Å². The second-order valence-electron chi connectivity index (χ2n) is 5.36. The van der Waals surface area contributed by atoms with Crippen LogP contribution in [-0.2, 0) is 13.2 Å². The molecule has 25 heavy (non-hydrogen) atoms. The number of benzene rings is 3. The van der Waals surface area contributed by atoms with E-state index in [1.165, 1.54) is 0 Å². The molecule has 0 aliphatic rings. The van der Waals surface area contributed by atoms with Crippen molar-refractivity contribution in [2.45, 2.75) is 13.2 Å². The van der Waals surface area contributed by atoms with E-state index in [1.807, 2.05) is 66.7 Å². The quantitative estimate of drug-likeness (QED) is 0.318. The molecule has 0 amide bonds. The predicted molar refractivity (Wildman–Crippen MR) is 111 cm³/mol. The molecule has 0 saturated heterocycles. The van der Waals surface area contributed by atoms with Gasteiger partial charge >= 0.3 is 0 Å². The largest absolute Gasteiger partial charge is 0.485 e. The van der Waals surface area contributed by atoms with Crippen LogP contribution in [0.15, 0.2) is 80.1 Å². The van der Waals surface area contributed by atoms with Gasteiger partial charge in [-0.2, -0.15) is 0 Å². The molecule has 0 spiro atoms. The van der Waals surface area contributed by atoms with Gasteiger partial charge in [-0.25, -0.2) is 0 Å². The van der Waals surface area contributed by atoms with Gasteiger partial charge in [0.2, 0.25) is 0 Å². The van der Waals surface area contributed by atoms with Crippen molar-refractivity contribution in [3.63, 3.8) is 0 Å². The number of rotatable bonds is 6. The summed E-state index contributed by atoms with van der Waals surface area (Å²) in [5, 5.41) is 0. The summed E-state index contributed by atoms with van der Waals surface area (Å²) in [5.74, 6) is 1.36. The Labute approximate surface area is 172 Å². The van der Waals surface area contributed by atoms with Crippen LogP contribution in [0.3, 0.4) is 0 Å². The minimum Gasteiger partial charge on any atom is -0.485 e. The normalized spacial score (nSPS) is 10.5. The summed E-state index contributed by atoms with van der Waals surface area (Å²) in [4.78, 5) is 0. The average Bonchev–Trinajstić information content (AvgIpc) is 2.65. The molecule has 0 radical (unpaired) electrons. The van der Waals surface area contributed by atoms with Crippen LogP contribution in [0.4, 0.5) is 0 Å². The van der Waals surface area contributed by atoms with Crippen molar-refractivity contribution in [3.8, 4) is 11.5 Å². The van der Waals surface area contributed by atoms with Crippen molar-refractivity contribution in [3.05, 3.63) is 91.3 Å². The summed E-state index contributed by atoms with van der Waals surface area (Å²) in [5.41, 5.74) is 2.20. The highest BCUT2D eigenvalue weighted by Crippen LogP contribution is 2.45. The van der Waals surface area contributed by atoms with E-state index >= 15 is 0 Å². The lowest BCUT2D eigenvalue weighted by atomic mass is 10.2. The third-order valence-corrected chi connectivity index (χ3v) is 6.82. The maximum Gasteiger partial charge on any atom is 0.177 e. The summed E-state index contributed by atoms with van der Waals surface area (Å²) < 4.78 is 14.7. The van der Waals surface area contributed by atoms with Gasteiger partial charge in [0.15, 0.2) is 11.5 Å². The molecule has 0 unspecified atom stereocenters. The molecule has 0 heterocycles. The number of hydrogen-bond acceptors (Lipinski definition) is 2. The molecule has 3 aromatic carbocycles. The molecule has 5 heteroatoms. The monoisotopic (exact) mass is 524 g/mol. The third-order valence-electron chi connectivity index (χ3n) is 3.55. The molecule has 3 aromatic rings. The molecule has 0 aromatic heterocycles. The Morgan fingerprint density at radius 3 is 1.72 bits per heavy atom. The second kappa shape index (κ2) is 8.88. The minimum absolute atomic E-state index is 0.467. The van der Waals surface area contributed by atoms with Crippen LogP contribution in [0.5, 0.6) is 11.5 Å². The number of hydrogen-bond donors (Lipinski definition) is 0. The first-order chi connectivity index (χ1) is 12.1. The molecule has 0 fully saturated rings. The van der Waals surface area contributed by atoms with Crippen LogP contribution in [0.2, 0.25) is 0 Å². The van der Waals surface area contributed by atoms with E-state index < -0.39 is 0 Å². The van der Waals surface area contributed by atoms with Gasteiger partial charge < -0.3 is 9.47 Å². The van der Waals surface area contributed by atoms with Crippen LogP contribution in [-0.4, -0.2) is 0 Å². The maximum absolute atomic E-state index is 6.06. The summed E-state index contributed by atoms with van der Waals surface area (Å²) in [6.07, 6.45) is 0. The van der Waals surface area contributed by atoms with Gasteiger partial charge in [0, 0.05) is 8.95 Å². The lowest BCUT2D eigenvalue weighted by molar-refractivity contribution is 0.254. The van der Waals surface area contributed by atoms with Crippen molar-refractivity contribution in [2.75, 3.05) is 0 Å². The maximum atomic E-state index is 6.06. The highest BCUT2D eigenvalue weighted by Gasteiger charge is 2.17. The van der Waals surface area contributed by atoms with Crippen molar-refractivity contribution in [1.82, 2.24) is 0 Å². The Morgan fingerprint density at radius 1 is 0.640 bits per heavy atom. The van der Waals surface area contributed by atoms with E-state index in [-0.39, 0.29) is 0 Å². The first-order valence-electron chi connectivity index (χ1n) is 7.66. The second-order valence-corrected chi connectivity index (χ2v) is 7.80. The fraction of sp³-hybridized carbons (Fsp3) is 0.100. The summed E-state index contributed by atoms with van der Waals surface area (Å²) >= 11 is 10.7. The van der Waals surface area contributed by atoms with E-state index in [9.17, 15) is 0 Å². The van der Waals surface area contributed by atoms with Gasteiger partial charge in [0.25, 0.3) is 0 Å². The van der Waals surface area contributed by atoms with Crippen LogP contribution >= 0.6 is 47.8 Å². The molecule has 2 nitrogen and oxygen atoms in total. The van der Waals surface area contributed by atoms with Crippen LogP contribution in [0.25, 0.3) is 0 Å². The lowest BCUT2D eigenvalue weighted by Crippen LogP contribution is -2.02. The van der Waals surface area contributed by atoms with Crippen LogP contribution < -0.4 is 9.47 Å². The molecular weight excluding hydrogens is 512 g/mol. The third kappa shape index (κ3) is 4.87. The molecule has 3 rings (SSSR count). The van der Waals surface area contributed by atoms with E-state index in [4.69, 9.17) is 9.47 Å². The molecular formula is C20H15Br3O2. The molecule has 128 valence electrons. The zero-order valence-corrected chi connectivity index (χ0v) is 18.0. The van der Waals surface area contributed by atoms with Gasteiger partial charge in [0.05, 0.1) is 4.47 Å². The average molecular weight is 527 g/mol. The molecule has 0 atom stereocenters. The van der Waals surface area contributed by atoms with E-state index in [2.05, 4.69) is 47.8 Å². The Kier molecular flexibility index (Phi) is 6.57. The summed E-state index contributed by atoms with van der Waals surface area (Å²) in [7, 11) is 0. The smallest absolute Gasteiger partial charge is 0.177 e. The molecule has 0 aliphatic heterocycles. The first kappa shape index (κ1) is 18.5. The van der Waals surface area contributed by atoms with E-state index in [0.717, 1.165) is 24.5 Å². The van der Waals surface area contributed by atoms with Crippen molar-refractivity contribution in [1.29, 1.82) is 0 Å². The topological polar surface area (TPSA) is 18.5 Å². The Hall–Kier alpha value is -1.30. The van der Waals surface area contributed by atoms with Gasteiger partial charge in [0.1, 0.15) is 13.2 Å². The van der Waals surface area contributed by atoms with Gasteiger partial charge in [-0.15, -0.1) is 0 Å². The zero-order chi connectivity index (χ0) is 17.6. The van der Waals surface area contributed by atoms with E-state index in [1.54, 1.807) is 0 Å². The highest BCUT2D eigenvalue weighted by molar-refractivity contribution is 9.14. The molecule has 0 saturated carbocycles. The highest BCUT2D eigenvalue weighted by atomic mass is 79.9. The summed E-state index contributed by atoms with van der Waals surface area (Å²) in [6, 6.07) is 22.0. The van der Waals surface area contributed by atoms with E-state index in [0.29, 0.717) is 24.7 Å². The Balaban J connectivity index is 1.83. The Morgan fingerprint density at radius 2 is 1.16 bits per heavy atom. The summed E-state index contributed by atoms with van der Waals surface area (Å²) in [6.45, 7) is 0.943. The SMILES string of the molecule is Brc1cc(OCc2ccccc2)c(OCc2ccccc2)c(Br)c1Br. The van der Waals surface area contributed by atoms with Crippen LogP contribution in [0, 0.1) is 0 Å². The van der Waals surface area contributed by atoms with Gasteiger partial charge in [-0.05, 0) is 65.0 Å². The van der Waals surface area contributed by atoms with Crippen molar-refractivity contribution < 1.29 is 9.47 Å². The number of ether oxygens (including phenoxy) is 2. The van der Waals surface area contributed by atoms with Gasteiger partial charge in [-0.1, -0.05) is 60.7 Å². The predicted octanol–water partition coefficient (Wildman–Crippen LogP) is 7.13. The molecule has 0 N–H and O–H groups in total. The minimum atomic E-state index is 0.467. The fourth-order valence-corrected chi connectivity index (χ4v) is 3.75. The lowest BCUT2D eigenvalue weighted by Gasteiger charge is -2.16. The van der Waals surface area contributed by atoms with Gasteiger partial charge in [-0.3, -0.25) is 0 Å². The Bertz CT molecular complexity index is 837. The zero-order valence-electron chi connectivity index (χ0n) is 13.2.